The molecule has 4 nitrogen and oxygen atoms in total. The highest BCUT2D eigenvalue weighted by molar-refractivity contribution is 5.81. The smallest absolute Gasteiger partial charge is 0.239 e. The number of hydrogen-bond donors (Lipinski definition) is 2. The van der Waals surface area contributed by atoms with Crippen molar-refractivity contribution in [2.75, 3.05) is 20.3 Å². The van der Waals surface area contributed by atoms with Crippen molar-refractivity contribution < 1.29 is 9.53 Å². The number of methoxy groups -OCH3 is 1. The first kappa shape index (κ1) is 13.5. The standard InChI is InChI=1S/C12H24N2O2/c1-9-3-5-10(6-4-9)7-14-12(15)11(13)8-16-2/h9-11H,3-8,13H2,1-2H3,(H,14,15). The SMILES string of the molecule is COCC(N)C(=O)NCC1CCC(C)CC1. The van der Waals surface area contributed by atoms with Gasteiger partial charge in [0.15, 0.2) is 0 Å². The maximum atomic E-state index is 11.5. The number of nitrogens with one attached hydrogen (secondary N) is 1. The van der Waals surface area contributed by atoms with Crippen molar-refractivity contribution in [1.82, 2.24) is 5.32 Å². The average Bonchev–Trinajstić information content (AvgIpc) is 2.28. The predicted octanol–water partition coefficient (Wildman–Crippen LogP) is 0.903. The molecule has 1 fully saturated rings. The first-order chi connectivity index (χ1) is 7.63. The molecule has 0 saturated heterocycles. The zero-order valence-corrected chi connectivity index (χ0v) is 10.4. The molecule has 0 heterocycles. The van der Waals surface area contributed by atoms with Crippen molar-refractivity contribution in [3.05, 3.63) is 0 Å². The predicted molar refractivity (Wildman–Crippen MR) is 64.0 cm³/mol. The maximum absolute atomic E-state index is 11.5. The third kappa shape index (κ3) is 4.49. The van der Waals surface area contributed by atoms with Gasteiger partial charge in [0.1, 0.15) is 6.04 Å². The van der Waals surface area contributed by atoms with E-state index in [2.05, 4.69) is 12.2 Å². The molecule has 1 rings (SSSR count). The summed E-state index contributed by atoms with van der Waals surface area (Å²) < 4.78 is 4.84. The van der Waals surface area contributed by atoms with E-state index in [1.54, 1.807) is 7.11 Å². The van der Waals surface area contributed by atoms with Crippen molar-refractivity contribution in [2.24, 2.45) is 17.6 Å². The van der Waals surface area contributed by atoms with Crippen LogP contribution in [0.1, 0.15) is 32.6 Å². The van der Waals surface area contributed by atoms with Crippen LogP contribution in [0.2, 0.25) is 0 Å². The molecule has 1 aliphatic rings. The van der Waals surface area contributed by atoms with E-state index in [1.807, 2.05) is 0 Å². The molecule has 1 atom stereocenters. The van der Waals surface area contributed by atoms with Crippen molar-refractivity contribution >= 4 is 5.91 Å². The van der Waals surface area contributed by atoms with Crippen LogP contribution in [0.4, 0.5) is 0 Å². The van der Waals surface area contributed by atoms with Crippen LogP contribution in [0, 0.1) is 11.8 Å². The van der Waals surface area contributed by atoms with Crippen LogP contribution in [0.5, 0.6) is 0 Å². The third-order valence-corrected chi connectivity index (χ3v) is 3.38. The highest BCUT2D eigenvalue weighted by Crippen LogP contribution is 2.27. The summed E-state index contributed by atoms with van der Waals surface area (Å²) in [6, 6.07) is -0.535. The Morgan fingerprint density at radius 1 is 1.44 bits per heavy atom. The minimum absolute atomic E-state index is 0.0968. The number of rotatable bonds is 5. The maximum Gasteiger partial charge on any atom is 0.239 e. The van der Waals surface area contributed by atoms with Crippen LogP contribution in [-0.2, 0) is 9.53 Å². The third-order valence-electron chi connectivity index (χ3n) is 3.38. The Kier molecular flexibility index (Phi) is 5.77. The summed E-state index contributed by atoms with van der Waals surface area (Å²) in [5.41, 5.74) is 5.63. The van der Waals surface area contributed by atoms with E-state index in [9.17, 15) is 4.79 Å². The Labute approximate surface area is 97.9 Å². The van der Waals surface area contributed by atoms with Gasteiger partial charge in [-0.05, 0) is 24.7 Å². The van der Waals surface area contributed by atoms with Crippen molar-refractivity contribution in [3.8, 4) is 0 Å². The van der Waals surface area contributed by atoms with E-state index in [-0.39, 0.29) is 12.5 Å². The molecule has 1 unspecified atom stereocenters. The second-order valence-electron chi connectivity index (χ2n) is 4.93. The van der Waals surface area contributed by atoms with E-state index in [4.69, 9.17) is 10.5 Å². The second-order valence-corrected chi connectivity index (χ2v) is 4.93. The van der Waals surface area contributed by atoms with Gasteiger partial charge in [0.2, 0.25) is 5.91 Å². The zero-order valence-electron chi connectivity index (χ0n) is 10.4. The van der Waals surface area contributed by atoms with Crippen LogP contribution < -0.4 is 11.1 Å². The fourth-order valence-corrected chi connectivity index (χ4v) is 2.16. The van der Waals surface area contributed by atoms with E-state index in [0.29, 0.717) is 5.92 Å². The molecule has 1 amide bonds. The fraction of sp³-hybridized carbons (Fsp3) is 0.917. The van der Waals surface area contributed by atoms with E-state index < -0.39 is 6.04 Å². The molecule has 0 aromatic heterocycles. The molecule has 0 spiro atoms. The lowest BCUT2D eigenvalue weighted by Gasteiger charge is -2.26. The summed E-state index contributed by atoms with van der Waals surface area (Å²) in [6.07, 6.45) is 5.01. The Balaban J connectivity index is 2.16. The summed E-state index contributed by atoms with van der Waals surface area (Å²) in [7, 11) is 1.55. The van der Waals surface area contributed by atoms with Gasteiger partial charge < -0.3 is 15.8 Å². The van der Waals surface area contributed by atoms with Gasteiger partial charge in [-0.3, -0.25) is 4.79 Å². The van der Waals surface area contributed by atoms with Crippen LogP contribution in [0.3, 0.4) is 0 Å². The summed E-state index contributed by atoms with van der Waals surface area (Å²) >= 11 is 0. The quantitative estimate of drug-likeness (QED) is 0.735. The Hall–Kier alpha value is -0.610. The molecule has 0 aliphatic heterocycles. The molecule has 0 aromatic carbocycles. The topological polar surface area (TPSA) is 64.3 Å². The van der Waals surface area contributed by atoms with E-state index in [1.165, 1.54) is 25.7 Å². The highest BCUT2D eigenvalue weighted by Gasteiger charge is 2.20. The second kappa shape index (κ2) is 6.86. The van der Waals surface area contributed by atoms with Gasteiger partial charge in [0, 0.05) is 13.7 Å². The van der Waals surface area contributed by atoms with Gasteiger partial charge in [-0.25, -0.2) is 0 Å². The number of carbonyl (C=O) groups is 1. The lowest BCUT2D eigenvalue weighted by molar-refractivity contribution is -0.123. The molecular formula is C12H24N2O2. The molecule has 0 aromatic rings. The Bertz CT molecular complexity index is 213. The molecule has 94 valence electrons. The van der Waals surface area contributed by atoms with Gasteiger partial charge in [-0.2, -0.15) is 0 Å². The summed E-state index contributed by atoms with van der Waals surface area (Å²) in [6.45, 7) is 3.35. The molecule has 16 heavy (non-hydrogen) atoms. The van der Waals surface area contributed by atoms with Gasteiger partial charge in [-0.1, -0.05) is 19.8 Å². The molecule has 1 saturated carbocycles. The molecule has 4 heteroatoms. The summed E-state index contributed by atoms with van der Waals surface area (Å²) in [4.78, 5) is 11.5. The number of carbonyl (C=O) groups excluding carboxylic acids is 1. The molecule has 3 N–H and O–H groups in total. The van der Waals surface area contributed by atoms with Gasteiger partial charge >= 0.3 is 0 Å². The van der Waals surface area contributed by atoms with Gasteiger partial charge in [0.05, 0.1) is 6.61 Å². The number of nitrogens with two attached hydrogens (primary N) is 1. The fourth-order valence-electron chi connectivity index (χ4n) is 2.16. The summed E-state index contributed by atoms with van der Waals surface area (Å²) in [5, 5.41) is 2.91. The lowest BCUT2D eigenvalue weighted by atomic mass is 9.83. The summed E-state index contributed by atoms with van der Waals surface area (Å²) in [5.74, 6) is 1.39. The molecule has 0 radical (unpaired) electrons. The van der Waals surface area contributed by atoms with Gasteiger partial charge in [0.25, 0.3) is 0 Å². The van der Waals surface area contributed by atoms with Crippen molar-refractivity contribution in [3.63, 3.8) is 0 Å². The first-order valence-electron chi connectivity index (χ1n) is 6.15. The highest BCUT2D eigenvalue weighted by atomic mass is 16.5. The average molecular weight is 228 g/mol. The normalized spacial score (nSPS) is 27.4. The Morgan fingerprint density at radius 3 is 2.62 bits per heavy atom. The molecule has 1 aliphatic carbocycles. The number of ether oxygens (including phenoxy) is 1. The minimum Gasteiger partial charge on any atom is -0.383 e. The minimum atomic E-state index is -0.535. The van der Waals surface area contributed by atoms with Crippen molar-refractivity contribution in [2.45, 2.75) is 38.6 Å². The van der Waals surface area contributed by atoms with Gasteiger partial charge in [-0.15, -0.1) is 0 Å². The largest absolute Gasteiger partial charge is 0.383 e. The van der Waals surface area contributed by atoms with Crippen LogP contribution in [-0.4, -0.2) is 32.2 Å². The number of hydrogen-bond acceptors (Lipinski definition) is 3. The van der Waals surface area contributed by atoms with Crippen molar-refractivity contribution in [1.29, 1.82) is 0 Å². The first-order valence-corrected chi connectivity index (χ1v) is 6.15. The van der Waals surface area contributed by atoms with E-state index >= 15 is 0 Å². The number of amides is 1. The monoisotopic (exact) mass is 228 g/mol. The van der Waals surface area contributed by atoms with Crippen LogP contribution in [0.25, 0.3) is 0 Å². The Morgan fingerprint density at radius 2 is 2.06 bits per heavy atom. The molecule has 0 bridgehead atoms. The zero-order chi connectivity index (χ0) is 12.0. The lowest BCUT2D eigenvalue weighted by Crippen LogP contribution is -2.45. The van der Waals surface area contributed by atoms with E-state index in [0.717, 1.165) is 12.5 Å². The van der Waals surface area contributed by atoms with Crippen LogP contribution in [0.15, 0.2) is 0 Å². The van der Waals surface area contributed by atoms with Crippen LogP contribution >= 0.6 is 0 Å². The molecular weight excluding hydrogens is 204 g/mol.